The lowest BCUT2D eigenvalue weighted by Crippen LogP contribution is -2.21. The van der Waals surface area contributed by atoms with Crippen LogP contribution in [0.1, 0.15) is 19.4 Å². The smallest absolute Gasteiger partial charge is 0.229 e. The summed E-state index contributed by atoms with van der Waals surface area (Å²) in [5, 5.41) is 6.03. The molecule has 0 atom stereocenters. The summed E-state index contributed by atoms with van der Waals surface area (Å²) in [5.74, 6) is -0.556. The zero-order chi connectivity index (χ0) is 20.1. The topological polar surface area (TPSA) is 53.1 Å². The van der Waals surface area contributed by atoms with E-state index in [1.165, 1.54) is 17.8 Å². The third-order valence-corrected chi connectivity index (χ3v) is 4.43. The van der Waals surface area contributed by atoms with E-state index in [2.05, 4.69) is 51.5 Å². The number of benzene rings is 2. The van der Waals surface area contributed by atoms with Gasteiger partial charge in [0.2, 0.25) is 5.95 Å². The molecule has 0 spiro atoms. The molecule has 2 aromatic carbocycles. The summed E-state index contributed by atoms with van der Waals surface area (Å²) in [6.07, 6.45) is 1.57. The highest BCUT2D eigenvalue weighted by atomic mass is 19.1. The van der Waals surface area contributed by atoms with E-state index in [0.717, 1.165) is 30.4 Å². The first-order chi connectivity index (χ1) is 13.5. The minimum absolute atomic E-state index is 0.110. The fraction of sp³-hybridized carbons (Fsp3) is 0.238. The van der Waals surface area contributed by atoms with Crippen molar-refractivity contribution in [2.75, 3.05) is 28.6 Å². The monoisotopic (exact) mass is 383 g/mol. The summed E-state index contributed by atoms with van der Waals surface area (Å²) in [7, 11) is 0. The van der Waals surface area contributed by atoms with Crippen LogP contribution in [0, 0.1) is 18.6 Å². The van der Waals surface area contributed by atoms with Gasteiger partial charge in [0, 0.05) is 36.7 Å². The van der Waals surface area contributed by atoms with Crippen molar-refractivity contribution in [3.8, 4) is 0 Å². The quantitative estimate of drug-likeness (QED) is 0.572. The van der Waals surface area contributed by atoms with Crippen LogP contribution in [0.15, 0.2) is 48.7 Å². The zero-order valence-corrected chi connectivity index (χ0v) is 16.1. The third kappa shape index (κ3) is 4.54. The second-order valence-electron chi connectivity index (χ2n) is 6.31. The van der Waals surface area contributed by atoms with Crippen molar-refractivity contribution in [1.29, 1.82) is 0 Å². The van der Waals surface area contributed by atoms with Gasteiger partial charge < -0.3 is 15.5 Å². The van der Waals surface area contributed by atoms with Gasteiger partial charge in [-0.05, 0) is 62.7 Å². The number of halogens is 2. The molecule has 7 heteroatoms. The van der Waals surface area contributed by atoms with Gasteiger partial charge >= 0.3 is 0 Å². The second-order valence-corrected chi connectivity index (χ2v) is 6.31. The van der Waals surface area contributed by atoms with Crippen LogP contribution in [0.3, 0.4) is 0 Å². The average Bonchev–Trinajstić information content (AvgIpc) is 2.67. The number of aryl methyl sites for hydroxylation is 1. The van der Waals surface area contributed by atoms with Crippen LogP contribution in [0.4, 0.5) is 37.6 Å². The minimum atomic E-state index is -0.704. The Hall–Kier alpha value is -3.22. The lowest BCUT2D eigenvalue weighted by Gasteiger charge is -2.22. The number of hydrogen-bond acceptors (Lipinski definition) is 5. The molecule has 146 valence electrons. The number of nitrogens with one attached hydrogen (secondary N) is 2. The maximum absolute atomic E-state index is 13.8. The van der Waals surface area contributed by atoms with Crippen LogP contribution in [0.25, 0.3) is 0 Å². The molecule has 0 aliphatic carbocycles. The number of nitrogens with zero attached hydrogens (tertiary/aromatic N) is 3. The highest BCUT2D eigenvalue weighted by Crippen LogP contribution is 2.26. The summed E-state index contributed by atoms with van der Waals surface area (Å²) in [5.41, 5.74) is 3.29. The standard InChI is InChI=1S/C21H23F2N5/c1-4-28(5-2)16-7-9-18(14(3)12-16)25-20-10-11-24-21(27-20)26-19-8-6-15(22)13-17(19)23/h6-13H,4-5H2,1-3H3,(H2,24,25,26,27). The van der Waals surface area contributed by atoms with Gasteiger partial charge in [-0.25, -0.2) is 13.8 Å². The van der Waals surface area contributed by atoms with Crippen LogP contribution >= 0.6 is 0 Å². The molecule has 1 aromatic heterocycles. The molecule has 0 aliphatic rings. The lowest BCUT2D eigenvalue weighted by atomic mass is 10.1. The maximum Gasteiger partial charge on any atom is 0.229 e. The Morgan fingerprint density at radius 2 is 1.68 bits per heavy atom. The lowest BCUT2D eigenvalue weighted by molar-refractivity contribution is 0.586. The van der Waals surface area contributed by atoms with E-state index in [9.17, 15) is 8.78 Å². The van der Waals surface area contributed by atoms with E-state index in [0.29, 0.717) is 5.82 Å². The molecular formula is C21H23F2N5. The predicted octanol–water partition coefficient (Wildman–Crippen LogP) is 5.40. The third-order valence-electron chi connectivity index (χ3n) is 4.43. The highest BCUT2D eigenvalue weighted by molar-refractivity contribution is 5.66. The Bertz CT molecular complexity index is 957. The zero-order valence-electron chi connectivity index (χ0n) is 16.1. The van der Waals surface area contributed by atoms with Crippen LogP contribution in [-0.4, -0.2) is 23.1 Å². The van der Waals surface area contributed by atoms with Gasteiger partial charge in [0.25, 0.3) is 0 Å². The van der Waals surface area contributed by atoms with Crippen LogP contribution in [0.2, 0.25) is 0 Å². The fourth-order valence-electron chi connectivity index (χ4n) is 2.91. The van der Waals surface area contributed by atoms with E-state index in [1.807, 2.05) is 13.0 Å². The first kappa shape index (κ1) is 19.5. The summed E-state index contributed by atoms with van der Waals surface area (Å²) in [6, 6.07) is 11.2. The average molecular weight is 383 g/mol. The van der Waals surface area contributed by atoms with Gasteiger partial charge in [0.1, 0.15) is 17.5 Å². The van der Waals surface area contributed by atoms with Crippen molar-refractivity contribution in [3.63, 3.8) is 0 Å². The Labute approximate surface area is 163 Å². The van der Waals surface area contributed by atoms with Gasteiger partial charge in [-0.3, -0.25) is 0 Å². The van der Waals surface area contributed by atoms with Crippen LogP contribution < -0.4 is 15.5 Å². The van der Waals surface area contributed by atoms with Crippen molar-refractivity contribution < 1.29 is 8.78 Å². The SMILES string of the molecule is CCN(CC)c1ccc(Nc2ccnc(Nc3ccc(F)cc3F)n2)c(C)c1. The Balaban J connectivity index is 1.77. The van der Waals surface area contributed by atoms with Crippen molar-refractivity contribution in [1.82, 2.24) is 9.97 Å². The summed E-state index contributed by atoms with van der Waals surface area (Å²) < 4.78 is 26.9. The molecule has 0 aliphatic heterocycles. The second kappa shape index (κ2) is 8.65. The largest absolute Gasteiger partial charge is 0.372 e. The molecule has 1 heterocycles. The normalized spacial score (nSPS) is 10.6. The molecule has 0 radical (unpaired) electrons. The predicted molar refractivity (Wildman–Crippen MR) is 110 cm³/mol. The van der Waals surface area contributed by atoms with E-state index in [4.69, 9.17) is 0 Å². The molecule has 5 nitrogen and oxygen atoms in total. The fourth-order valence-corrected chi connectivity index (χ4v) is 2.91. The molecule has 3 rings (SSSR count). The molecule has 0 amide bonds. The number of aromatic nitrogens is 2. The Morgan fingerprint density at radius 3 is 2.36 bits per heavy atom. The first-order valence-electron chi connectivity index (χ1n) is 9.18. The van der Waals surface area contributed by atoms with E-state index in [1.54, 1.807) is 12.3 Å². The molecule has 0 saturated heterocycles. The number of rotatable bonds is 7. The van der Waals surface area contributed by atoms with Crippen molar-refractivity contribution in [3.05, 3.63) is 65.9 Å². The van der Waals surface area contributed by atoms with Crippen molar-refractivity contribution >= 4 is 28.8 Å². The van der Waals surface area contributed by atoms with Crippen LogP contribution in [-0.2, 0) is 0 Å². The molecule has 0 unspecified atom stereocenters. The molecule has 2 N–H and O–H groups in total. The maximum atomic E-state index is 13.8. The molecular weight excluding hydrogens is 360 g/mol. The van der Waals surface area contributed by atoms with Crippen molar-refractivity contribution in [2.24, 2.45) is 0 Å². The number of hydrogen-bond donors (Lipinski definition) is 2. The van der Waals surface area contributed by atoms with Crippen LogP contribution in [0.5, 0.6) is 0 Å². The summed E-state index contributed by atoms with van der Waals surface area (Å²) in [6.45, 7) is 8.19. The first-order valence-corrected chi connectivity index (χ1v) is 9.18. The molecule has 28 heavy (non-hydrogen) atoms. The molecule has 0 bridgehead atoms. The summed E-state index contributed by atoms with van der Waals surface area (Å²) >= 11 is 0. The Kier molecular flexibility index (Phi) is 6.03. The Morgan fingerprint density at radius 1 is 0.929 bits per heavy atom. The van der Waals surface area contributed by atoms with Crippen molar-refractivity contribution in [2.45, 2.75) is 20.8 Å². The molecule has 3 aromatic rings. The van der Waals surface area contributed by atoms with E-state index >= 15 is 0 Å². The molecule has 0 fully saturated rings. The molecule has 0 saturated carbocycles. The van der Waals surface area contributed by atoms with Gasteiger partial charge in [-0.1, -0.05) is 0 Å². The van der Waals surface area contributed by atoms with E-state index < -0.39 is 11.6 Å². The van der Waals surface area contributed by atoms with Gasteiger partial charge in [0.15, 0.2) is 0 Å². The van der Waals surface area contributed by atoms with Gasteiger partial charge in [-0.2, -0.15) is 4.98 Å². The minimum Gasteiger partial charge on any atom is -0.372 e. The summed E-state index contributed by atoms with van der Waals surface area (Å²) in [4.78, 5) is 10.7. The van der Waals surface area contributed by atoms with Gasteiger partial charge in [0.05, 0.1) is 5.69 Å². The van der Waals surface area contributed by atoms with Gasteiger partial charge in [-0.15, -0.1) is 0 Å². The van der Waals surface area contributed by atoms with E-state index in [-0.39, 0.29) is 11.6 Å². The highest BCUT2D eigenvalue weighted by Gasteiger charge is 2.08. The number of anilines is 5.